The molecule has 2 aromatic heterocycles. The zero-order valence-corrected chi connectivity index (χ0v) is 15.6. The third-order valence-electron chi connectivity index (χ3n) is 4.32. The van der Waals surface area contributed by atoms with E-state index in [4.69, 9.17) is 4.74 Å². The van der Waals surface area contributed by atoms with Crippen LogP contribution in [-0.4, -0.2) is 31.6 Å². The average molecular weight is 370 g/mol. The van der Waals surface area contributed by atoms with Gasteiger partial charge in [0.15, 0.2) is 11.2 Å². The van der Waals surface area contributed by atoms with Crippen molar-refractivity contribution in [3.63, 3.8) is 0 Å². The number of ether oxygens (including phenoxy) is 1. The van der Waals surface area contributed by atoms with Crippen LogP contribution in [0.1, 0.15) is 25.8 Å². The van der Waals surface area contributed by atoms with E-state index in [2.05, 4.69) is 4.98 Å². The zero-order valence-electron chi connectivity index (χ0n) is 15.6. The van der Waals surface area contributed by atoms with E-state index in [1.807, 2.05) is 31.2 Å². The second kappa shape index (κ2) is 7.61. The molecule has 0 fully saturated rings. The van der Waals surface area contributed by atoms with Crippen molar-refractivity contribution in [3.8, 4) is 5.75 Å². The number of carbonyl (C=O) groups excluding carboxylic acids is 1. The molecule has 1 aromatic carbocycles. The highest BCUT2D eigenvalue weighted by Gasteiger charge is 2.18. The van der Waals surface area contributed by atoms with Gasteiger partial charge in [-0.1, -0.05) is 19.1 Å². The summed E-state index contributed by atoms with van der Waals surface area (Å²) in [5.74, 6) is 0.493. The number of hydrogen-bond acceptors (Lipinski definition) is 5. The predicted octanol–water partition coefficient (Wildman–Crippen LogP) is 1.42. The highest BCUT2D eigenvalue weighted by atomic mass is 16.5. The minimum Gasteiger partial charge on any atom is -0.497 e. The average Bonchev–Trinajstić information content (AvgIpc) is 3.06. The summed E-state index contributed by atoms with van der Waals surface area (Å²) in [6.07, 6.45) is 2.26. The summed E-state index contributed by atoms with van der Waals surface area (Å²) in [6, 6.07) is 7.49. The molecule has 0 aliphatic carbocycles. The van der Waals surface area contributed by atoms with E-state index in [0.717, 1.165) is 15.9 Å². The smallest absolute Gasteiger partial charge is 0.333 e. The van der Waals surface area contributed by atoms with Gasteiger partial charge in [0.05, 0.1) is 20.0 Å². The van der Waals surface area contributed by atoms with Crippen LogP contribution in [-0.2, 0) is 24.4 Å². The van der Waals surface area contributed by atoms with E-state index in [9.17, 15) is 14.4 Å². The van der Waals surface area contributed by atoms with Crippen LogP contribution >= 0.6 is 0 Å². The van der Waals surface area contributed by atoms with E-state index < -0.39 is 11.2 Å². The molecule has 0 unspecified atom stereocenters. The Kier molecular flexibility index (Phi) is 5.25. The van der Waals surface area contributed by atoms with Crippen molar-refractivity contribution in [3.05, 3.63) is 57.0 Å². The normalized spacial score (nSPS) is 11.1. The molecule has 8 nitrogen and oxygen atoms in total. The summed E-state index contributed by atoms with van der Waals surface area (Å²) in [5.41, 5.74) is 0.629. The van der Waals surface area contributed by atoms with Gasteiger partial charge < -0.3 is 9.30 Å². The molecule has 3 rings (SSSR count). The Balaban J connectivity index is 2.16. The second-order valence-corrected chi connectivity index (χ2v) is 6.42. The number of ketones is 1. The summed E-state index contributed by atoms with van der Waals surface area (Å²) in [6.45, 7) is 3.89. The van der Waals surface area contributed by atoms with Crippen molar-refractivity contribution in [2.24, 2.45) is 0 Å². The topological polar surface area (TPSA) is 88.1 Å². The Labute approximate surface area is 155 Å². The SMILES string of the molecule is CCCn1c(=O)n(CC(C)=O)c(=O)c2c1ncn2Cc1ccc(OC)cc1. The van der Waals surface area contributed by atoms with Gasteiger partial charge in [-0.15, -0.1) is 0 Å². The number of rotatable bonds is 7. The Hall–Kier alpha value is -3.16. The minimum atomic E-state index is -0.501. The maximum atomic E-state index is 12.9. The van der Waals surface area contributed by atoms with Gasteiger partial charge in [0.2, 0.25) is 0 Å². The predicted molar refractivity (Wildman–Crippen MR) is 101 cm³/mol. The summed E-state index contributed by atoms with van der Waals surface area (Å²) in [7, 11) is 1.60. The molecule has 3 aromatic rings. The Morgan fingerprint density at radius 2 is 1.85 bits per heavy atom. The fraction of sp³-hybridized carbons (Fsp3) is 0.368. The van der Waals surface area contributed by atoms with Crippen LogP contribution in [0.15, 0.2) is 40.2 Å². The van der Waals surface area contributed by atoms with Crippen LogP contribution < -0.4 is 16.0 Å². The lowest BCUT2D eigenvalue weighted by atomic mass is 10.2. The Morgan fingerprint density at radius 3 is 2.44 bits per heavy atom. The highest BCUT2D eigenvalue weighted by Crippen LogP contribution is 2.14. The first-order valence-electron chi connectivity index (χ1n) is 8.77. The molecular formula is C19H22N4O4. The second-order valence-electron chi connectivity index (χ2n) is 6.42. The maximum Gasteiger partial charge on any atom is 0.333 e. The summed E-state index contributed by atoms with van der Waals surface area (Å²) < 4.78 is 9.32. The van der Waals surface area contributed by atoms with Crippen LogP contribution in [0.25, 0.3) is 11.2 Å². The Bertz CT molecular complexity index is 1090. The highest BCUT2D eigenvalue weighted by molar-refractivity contribution is 5.76. The molecule has 0 bridgehead atoms. The summed E-state index contributed by atoms with van der Waals surface area (Å²) in [4.78, 5) is 41.5. The van der Waals surface area contributed by atoms with Crippen molar-refractivity contribution < 1.29 is 9.53 Å². The van der Waals surface area contributed by atoms with Gasteiger partial charge in [0.1, 0.15) is 11.5 Å². The van der Waals surface area contributed by atoms with Crippen molar-refractivity contribution >= 4 is 16.9 Å². The number of aryl methyl sites for hydroxylation is 1. The van der Waals surface area contributed by atoms with Gasteiger partial charge >= 0.3 is 5.69 Å². The lowest BCUT2D eigenvalue weighted by Crippen LogP contribution is -2.42. The summed E-state index contributed by atoms with van der Waals surface area (Å²) in [5, 5.41) is 0. The van der Waals surface area contributed by atoms with Crippen molar-refractivity contribution in [1.29, 1.82) is 0 Å². The standard InChI is InChI=1S/C19H22N4O4/c1-4-9-22-17-16(18(25)23(19(22)26)10-13(2)24)21(12-20-17)11-14-5-7-15(27-3)8-6-14/h5-8,12H,4,9-11H2,1-3H3. The number of hydrogen-bond donors (Lipinski definition) is 0. The van der Waals surface area contributed by atoms with Gasteiger partial charge in [-0.3, -0.25) is 18.7 Å². The molecule has 0 saturated carbocycles. The first kappa shape index (κ1) is 18.6. The molecule has 2 heterocycles. The first-order chi connectivity index (χ1) is 13.0. The van der Waals surface area contributed by atoms with E-state index in [1.54, 1.807) is 18.0 Å². The van der Waals surface area contributed by atoms with Crippen molar-refractivity contribution in [2.45, 2.75) is 39.9 Å². The summed E-state index contributed by atoms with van der Waals surface area (Å²) >= 11 is 0. The number of carbonyl (C=O) groups is 1. The van der Waals surface area contributed by atoms with E-state index in [0.29, 0.717) is 30.7 Å². The molecule has 0 N–H and O–H groups in total. The molecular weight excluding hydrogens is 348 g/mol. The number of Topliss-reactive ketones (excluding diaryl/α,β-unsaturated/α-hetero) is 1. The molecule has 0 atom stereocenters. The number of aromatic nitrogens is 4. The third-order valence-corrected chi connectivity index (χ3v) is 4.32. The molecule has 0 saturated heterocycles. The number of benzene rings is 1. The molecule has 8 heteroatoms. The van der Waals surface area contributed by atoms with Crippen LogP contribution in [0, 0.1) is 0 Å². The number of nitrogens with zero attached hydrogens (tertiary/aromatic N) is 4. The molecule has 0 aliphatic heterocycles. The molecule has 0 spiro atoms. The molecule has 0 amide bonds. The van der Waals surface area contributed by atoms with Gasteiger partial charge in [-0.2, -0.15) is 0 Å². The largest absolute Gasteiger partial charge is 0.497 e. The number of fused-ring (bicyclic) bond motifs is 1. The monoisotopic (exact) mass is 370 g/mol. The van der Waals surface area contributed by atoms with Gasteiger partial charge in [0.25, 0.3) is 5.56 Å². The molecule has 0 aliphatic rings. The van der Waals surface area contributed by atoms with Crippen LogP contribution in [0.3, 0.4) is 0 Å². The third kappa shape index (κ3) is 3.55. The first-order valence-corrected chi connectivity index (χ1v) is 8.77. The number of methoxy groups -OCH3 is 1. The lowest BCUT2D eigenvalue weighted by Gasteiger charge is -2.11. The fourth-order valence-corrected chi connectivity index (χ4v) is 3.07. The van der Waals surface area contributed by atoms with Gasteiger partial charge in [0, 0.05) is 13.1 Å². The quantitative estimate of drug-likeness (QED) is 0.628. The van der Waals surface area contributed by atoms with E-state index in [-0.39, 0.29) is 12.3 Å². The Morgan fingerprint density at radius 1 is 1.15 bits per heavy atom. The number of imidazole rings is 1. The van der Waals surface area contributed by atoms with Crippen LogP contribution in [0.2, 0.25) is 0 Å². The van der Waals surface area contributed by atoms with Gasteiger partial charge in [-0.05, 0) is 31.0 Å². The molecule has 27 heavy (non-hydrogen) atoms. The van der Waals surface area contributed by atoms with Crippen molar-refractivity contribution in [2.75, 3.05) is 7.11 Å². The van der Waals surface area contributed by atoms with Crippen molar-refractivity contribution in [1.82, 2.24) is 18.7 Å². The van der Waals surface area contributed by atoms with E-state index >= 15 is 0 Å². The fourth-order valence-electron chi connectivity index (χ4n) is 3.07. The lowest BCUT2D eigenvalue weighted by molar-refractivity contribution is -0.117. The molecule has 0 radical (unpaired) electrons. The maximum absolute atomic E-state index is 12.9. The molecule has 142 valence electrons. The zero-order chi connectivity index (χ0) is 19.6. The van der Waals surface area contributed by atoms with Gasteiger partial charge in [-0.25, -0.2) is 9.78 Å². The van der Waals surface area contributed by atoms with Crippen LogP contribution in [0.5, 0.6) is 5.75 Å². The minimum absolute atomic E-state index is 0.245. The van der Waals surface area contributed by atoms with E-state index in [1.165, 1.54) is 11.5 Å². The van der Waals surface area contributed by atoms with Crippen LogP contribution in [0.4, 0.5) is 0 Å².